The Morgan fingerprint density at radius 1 is 1.07 bits per heavy atom. The van der Waals surface area contributed by atoms with Gasteiger partial charge in [0.1, 0.15) is 0 Å². The van der Waals surface area contributed by atoms with E-state index < -0.39 is 11.5 Å². The average molecular weight is 378 g/mol. The lowest BCUT2D eigenvalue weighted by Crippen LogP contribution is -2.62. The molecule has 1 aliphatic carbocycles. The molecule has 1 atom stereocenters. The van der Waals surface area contributed by atoms with Gasteiger partial charge < -0.3 is 15.4 Å². The Balaban J connectivity index is 1.56. The van der Waals surface area contributed by atoms with Crippen LogP contribution < -0.4 is 5.73 Å². The molecule has 146 valence electrons. The van der Waals surface area contributed by atoms with Crippen molar-refractivity contribution in [3.63, 3.8) is 0 Å². The maximum absolute atomic E-state index is 12.7. The van der Waals surface area contributed by atoms with E-state index in [1.807, 2.05) is 36.4 Å². The topological polar surface area (TPSA) is 72.6 Å². The number of carbonyl (C=O) groups excluding carboxylic acids is 2. The van der Waals surface area contributed by atoms with Crippen molar-refractivity contribution in [1.29, 1.82) is 0 Å². The first-order valence-electron chi connectivity index (χ1n) is 9.94. The molecule has 2 fully saturated rings. The zero-order valence-electron chi connectivity index (χ0n) is 16.0. The first-order valence-corrected chi connectivity index (χ1v) is 9.94. The highest BCUT2D eigenvalue weighted by atomic mass is 16.5. The lowest BCUT2D eigenvalue weighted by atomic mass is 9.83. The molecule has 1 saturated heterocycles. The van der Waals surface area contributed by atoms with Gasteiger partial charge in [-0.25, -0.2) is 0 Å². The highest BCUT2D eigenvalue weighted by Crippen LogP contribution is 2.31. The van der Waals surface area contributed by atoms with Gasteiger partial charge in [-0.2, -0.15) is 0 Å². The van der Waals surface area contributed by atoms with Crippen LogP contribution in [0, 0.1) is 5.92 Å². The van der Waals surface area contributed by atoms with Gasteiger partial charge in [0.15, 0.2) is 5.60 Å². The van der Waals surface area contributed by atoms with Crippen LogP contribution in [0.1, 0.15) is 24.8 Å². The summed E-state index contributed by atoms with van der Waals surface area (Å²) in [6.07, 6.45) is 3.35. The Morgan fingerprint density at radius 2 is 1.82 bits per heavy atom. The third-order valence-electron chi connectivity index (χ3n) is 5.92. The number of ether oxygens (including phenoxy) is 1. The van der Waals surface area contributed by atoms with Gasteiger partial charge >= 0.3 is 0 Å². The molecule has 0 spiro atoms. The quantitative estimate of drug-likeness (QED) is 0.870. The predicted molar refractivity (Wildman–Crippen MR) is 107 cm³/mol. The molecule has 0 bridgehead atoms. The molecule has 5 nitrogen and oxygen atoms in total. The lowest BCUT2D eigenvalue weighted by Gasteiger charge is -2.42. The molecular weight excluding hydrogens is 352 g/mol. The van der Waals surface area contributed by atoms with E-state index >= 15 is 0 Å². The van der Waals surface area contributed by atoms with Gasteiger partial charge in [-0.1, -0.05) is 61.0 Å². The molecule has 2 N–H and O–H groups in total. The number of nitrogens with two attached hydrogens (primary N) is 1. The first-order chi connectivity index (χ1) is 13.6. The van der Waals surface area contributed by atoms with Crippen molar-refractivity contribution in [3.05, 3.63) is 60.2 Å². The molecule has 0 radical (unpaired) electrons. The molecule has 0 aromatic heterocycles. The summed E-state index contributed by atoms with van der Waals surface area (Å²) < 4.78 is 5.92. The zero-order chi connectivity index (χ0) is 19.6. The molecule has 1 aliphatic heterocycles. The average Bonchev–Trinajstić information content (AvgIpc) is 2.67. The van der Waals surface area contributed by atoms with Crippen LogP contribution in [0.5, 0.6) is 0 Å². The van der Waals surface area contributed by atoms with Crippen molar-refractivity contribution >= 4 is 11.8 Å². The van der Waals surface area contributed by atoms with Crippen LogP contribution in [0.15, 0.2) is 54.6 Å². The molecule has 1 heterocycles. The fourth-order valence-corrected chi connectivity index (χ4v) is 4.05. The second-order valence-electron chi connectivity index (χ2n) is 7.84. The van der Waals surface area contributed by atoms with Gasteiger partial charge in [-0.05, 0) is 29.5 Å². The Kier molecular flexibility index (Phi) is 5.18. The number of carbonyl (C=O) groups is 2. The third kappa shape index (κ3) is 3.67. The van der Waals surface area contributed by atoms with E-state index in [-0.39, 0.29) is 18.4 Å². The van der Waals surface area contributed by atoms with Crippen LogP contribution >= 0.6 is 0 Å². The van der Waals surface area contributed by atoms with E-state index in [0.29, 0.717) is 19.6 Å². The Labute approximate surface area is 165 Å². The number of morpholine rings is 1. The van der Waals surface area contributed by atoms with Crippen molar-refractivity contribution in [1.82, 2.24) is 4.90 Å². The SMILES string of the molecule is NC(=O)[C@@]1(Cc2cccc(-c3ccccc3)c2)CN(C(=O)C2CCC2)CCO1. The molecular formula is C23H26N2O3. The highest BCUT2D eigenvalue weighted by molar-refractivity contribution is 5.86. The fourth-order valence-electron chi connectivity index (χ4n) is 4.05. The van der Waals surface area contributed by atoms with Crippen LogP contribution in [0.4, 0.5) is 0 Å². The van der Waals surface area contributed by atoms with Gasteiger partial charge in [0, 0.05) is 18.9 Å². The molecule has 2 amide bonds. The Hall–Kier alpha value is -2.66. The van der Waals surface area contributed by atoms with Crippen molar-refractivity contribution in [2.75, 3.05) is 19.7 Å². The summed E-state index contributed by atoms with van der Waals surface area (Å²) in [5.74, 6) is -0.271. The predicted octanol–water partition coefficient (Wildman–Crippen LogP) is 2.78. The van der Waals surface area contributed by atoms with Crippen LogP contribution in [0.25, 0.3) is 11.1 Å². The number of rotatable bonds is 5. The summed E-state index contributed by atoms with van der Waals surface area (Å²) in [6, 6.07) is 18.2. The normalized spacial score (nSPS) is 22.5. The molecule has 2 aromatic carbocycles. The maximum atomic E-state index is 12.7. The van der Waals surface area contributed by atoms with Crippen molar-refractivity contribution in [3.8, 4) is 11.1 Å². The number of amides is 2. The van der Waals surface area contributed by atoms with Crippen molar-refractivity contribution < 1.29 is 14.3 Å². The molecule has 28 heavy (non-hydrogen) atoms. The standard InChI is InChI=1S/C23H26N2O3/c24-22(27)23(16-25(12-13-28-23)21(26)19-9-5-10-19)15-17-6-4-11-20(14-17)18-7-2-1-3-8-18/h1-4,6-8,11,14,19H,5,9-10,12-13,15-16H2,(H2,24,27)/t23-/m1/s1. The molecule has 5 heteroatoms. The largest absolute Gasteiger partial charge is 0.367 e. The number of hydrogen-bond donors (Lipinski definition) is 1. The first kappa shape index (κ1) is 18.7. The fraction of sp³-hybridized carbons (Fsp3) is 0.391. The third-order valence-corrected chi connectivity index (χ3v) is 5.92. The van der Waals surface area contributed by atoms with Crippen molar-refractivity contribution in [2.24, 2.45) is 11.7 Å². The van der Waals surface area contributed by atoms with E-state index in [2.05, 4.69) is 18.2 Å². The van der Waals surface area contributed by atoms with Gasteiger partial charge in [0.05, 0.1) is 13.2 Å². The molecule has 0 unspecified atom stereocenters. The molecule has 2 aliphatic rings. The summed E-state index contributed by atoms with van der Waals surface area (Å²) in [7, 11) is 0. The van der Waals surface area contributed by atoms with Gasteiger partial charge in [-0.3, -0.25) is 9.59 Å². The minimum absolute atomic E-state index is 0.102. The van der Waals surface area contributed by atoms with Crippen molar-refractivity contribution in [2.45, 2.75) is 31.3 Å². The zero-order valence-corrected chi connectivity index (χ0v) is 16.0. The Morgan fingerprint density at radius 3 is 2.50 bits per heavy atom. The van der Waals surface area contributed by atoms with Gasteiger partial charge in [-0.15, -0.1) is 0 Å². The van der Waals surface area contributed by atoms with Gasteiger partial charge in [0.2, 0.25) is 5.91 Å². The van der Waals surface area contributed by atoms with Crippen LogP contribution in [0.3, 0.4) is 0 Å². The second kappa shape index (κ2) is 7.76. The second-order valence-corrected chi connectivity index (χ2v) is 7.84. The van der Waals surface area contributed by atoms with Gasteiger partial charge in [0.25, 0.3) is 5.91 Å². The number of primary amides is 1. The van der Waals surface area contributed by atoms with E-state index in [9.17, 15) is 9.59 Å². The monoisotopic (exact) mass is 378 g/mol. The summed E-state index contributed by atoms with van der Waals surface area (Å²) in [5, 5.41) is 0. The molecule has 4 rings (SSSR count). The van der Waals surface area contributed by atoms with Crippen LogP contribution in [-0.2, 0) is 20.7 Å². The van der Waals surface area contributed by atoms with Crippen LogP contribution in [-0.4, -0.2) is 42.0 Å². The van der Waals surface area contributed by atoms with E-state index in [1.165, 1.54) is 0 Å². The minimum atomic E-state index is -1.17. The van der Waals surface area contributed by atoms with E-state index in [4.69, 9.17) is 10.5 Å². The summed E-state index contributed by atoms with van der Waals surface area (Å²) >= 11 is 0. The van der Waals surface area contributed by atoms with E-state index in [1.54, 1.807) is 4.90 Å². The number of benzene rings is 2. The Bertz CT molecular complexity index is 863. The summed E-state index contributed by atoms with van der Waals surface area (Å²) in [6.45, 7) is 1.08. The number of nitrogens with zero attached hydrogens (tertiary/aromatic N) is 1. The maximum Gasteiger partial charge on any atom is 0.251 e. The summed E-state index contributed by atoms with van der Waals surface area (Å²) in [4.78, 5) is 26.9. The molecule has 1 saturated carbocycles. The molecule has 2 aromatic rings. The lowest BCUT2D eigenvalue weighted by molar-refractivity contribution is -0.166. The number of hydrogen-bond acceptors (Lipinski definition) is 3. The highest BCUT2D eigenvalue weighted by Gasteiger charge is 2.45. The smallest absolute Gasteiger partial charge is 0.251 e. The van der Waals surface area contributed by atoms with Crippen LogP contribution in [0.2, 0.25) is 0 Å². The summed E-state index contributed by atoms with van der Waals surface area (Å²) in [5.41, 5.74) is 7.77. The van der Waals surface area contributed by atoms with E-state index in [0.717, 1.165) is 36.0 Å². The minimum Gasteiger partial charge on any atom is -0.367 e.